The third kappa shape index (κ3) is 14.6. The van der Waals surface area contributed by atoms with E-state index in [1.54, 1.807) is 0 Å². The molecule has 4 aromatic rings. The second-order valence-corrected chi connectivity index (χ2v) is 28.1. The Hall–Kier alpha value is -3.71. The molecular formula is C40H54Cl2N2O9S2Si2. The summed E-state index contributed by atoms with van der Waals surface area (Å²) in [4.78, 5) is 46.2. The molecule has 0 bridgehead atoms. The van der Waals surface area contributed by atoms with Crippen LogP contribution in [0.3, 0.4) is 0 Å². The Morgan fingerprint density at radius 2 is 1.11 bits per heavy atom. The number of aromatic carboxylic acids is 1. The molecule has 0 aliphatic carbocycles. The number of hydrogen-bond donors (Lipinski definition) is 3. The van der Waals surface area contributed by atoms with Gasteiger partial charge in [-0.25, -0.2) is 14.4 Å². The highest BCUT2D eigenvalue weighted by Gasteiger charge is 2.40. The molecule has 2 heterocycles. The number of esters is 2. The first kappa shape index (κ1) is 49.4. The van der Waals surface area contributed by atoms with Gasteiger partial charge in [0.1, 0.15) is 26.1 Å². The maximum atomic E-state index is 12.4. The predicted molar refractivity (Wildman–Crippen MR) is 236 cm³/mol. The molecule has 0 saturated carbocycles. The van der Waals surface area contributed by atoms with E-state index in [-0.39, 0.29) is 40.7 Å². The van der Waals surface area contributed by atoms with Crippen molar-refractivity contribution in [3.05, 3.63) is 101 Å². The van der Waals surface area contributed by atoms with Crippen molar-refractivity contribution in [2.24, 2.45) is 5.73 Å². The van der Waals surface area contributed by atoms with Crippen LogP contribution in [0.5, 0.6) is 11.5 Å². The lowest BCUT2D eigenvalue weighted by Gasteiger charge is -2.36. The molecule has 4 N–H and O–H groups in total. The Kier molecular flexibility index (Phi) is 18.1. The van der Waals surface area contributed by atoms with Gasteiger partial charge in [0.2, 0.25) is 16.6 Å². The number of hydrogen-bond acceptors (Lipinski definition) is 11. The summed E-state index contributed by atoms with van der Waals surface area (Å²) in [6, 6.07) is 18.5. The fourth-order valence-corrected chi connectivity index (χ4v) is 8.51. The number of methoxy groups -OCH3 is 2. The van der Waals surface area contributed by atoms with E-state index >= 15 is 0 Å². The van der Waals surface area contributed by atoms with Crippen LogP contribution in [0.15, 0.2) is 60.7 Å². The van der Waals surface area contributed by atoms with E-state index in [1.807, 2.05) is 48.5 Å². The average molecular weight is 898 g/mol. The number of thiophene rings is 2. The largest absolute Gasteiger partial charge is 0.543 e. The first-order valence-electron chi connectivity index (χ1n) is 17.8. The first-order valence-corrected chi connectivity index (χ1v) is 26.0. The smallest absolute Gasteiger partial charge is 0.349 e. The van der Waals surface area contributed by atoms with Gasteiger partial charge in [0.05, 0.1) is 29.1 Å². The molecule has 0 atom stereocenters. The van der Waals surface area contributed by atoms with Crippen LogP contribution in [0.4, 0.5) is 0 Å². The monoisotopic (exact) mass is 896 g/mol. The van der Waals surface area contributed by atoms with Gasteiger partial charge in [-0.2, -0.15) is 0 Å². The maximum Gasteiger partial charge on any atom is 0.349 e. The van der Waals surface area contributed by atoms with Gasteiger partial charge in [0.15, 0.2) is 0 Å². The average Bonchev–Trinajstić information content (AvgIpc) is 3.72. The van der Waals surface area contributed by atoms with E-state index in [0.29, 0.717) is 18.0 Å². The van der Waals surface area contributed by atoms with E-state index < -0.39 is 34.5 Å². The zero-order valence-corrected chi connectivity index (χ0v) is 39.7. The summed E-state index contributed by atoms with van der Waals surface area (Å²) in [6.45, 7) is 23.1. The molecule has 11 nitrogen and oxygen atoms in total. The Bertz CT molecular complexity index is 2020. The number of ether oxygens (including phenoxy) is 2. The minimum Gasteiger partial charge on any atom is -0.543 e. The number of halogens is 2. The number of carbonyl (C=O) groups excluding carboxylic acids is 3. The highest BCUT2D eigenvalue weighted by atomic mass is 35.5. The van der Waals surface area contributed by atoms with Crippen LogP contribution in [-0.4, -0.2) is 59.8 Å². The maximum absolute atomic E-state index is 12.4. The standard InChI is InChI=1S/C20H26ClNO4SSi.C13H23NOSi.C7H5ClO4S/c1-20(2,3)28(5,6)26-14-9-7-8-13(10-14)12-22-18(23)16-11-15(21)17(27-16)19(24)25-4;1-13(2,3)16(4,5)15-12-8-6-7-11(9-12)10-14;1-12-7(11)5-3(8)2-4(13-5)6(9)10/h7-11H,12H2,1-6H3,(H,22,23);6-9H,10,14H2,1-5H3;2H,1H3,(H,9,10). The normalized spacial score (nSPS) is 11.6. The van der Waals surface area contributed by atoms with Crippen molar-refractivity contribution >= 4 is 86.3 Å². The molecule has 0 spiro atoms. The zero-order chi connectivity index (χ0) is 43.5. The summed E-state index contributed by atoms with van der Waals surface area (Å²) in [5, 5.41) is 12.1. The van der Waals surface area contributed by atoms with Gasteiger partial charge in [0, 0.05) is 13.1 Å². The van der Waals surface area contributed by atoms with Gasteiger partial charge < -0.3 is 34.5 Å². The second-order valence-electron chi connectivity index (χ2n) is 15.8. The van der Waals surface area contributed by atoms with Crippen LogP contribution in [0.1, 0.15) is 91.4 Å². The third-order valence-electron chi connectivity index (χ3n) is 9.39. The zero-order valence-electron chi connectivity index (χ0n) is 34.6. The summed E-state index contributed by atoms with van der Waals surface area (Å²) in [6.07, 6.45) is 0. The second kappa shape index (κ2) is 20.8. The van der Waals surface area contributed by atoms with Crippen LogP contribution >= 0.6 is 45.9 Å². The molecular weight excluding hydrogens is 844 g/mol. The van der Waals surface area contributed by atoms with Gasteiger partial charge in [-0.05, 0) is 83.8 Å². The minimum absolute atomic E-state index is 0.0189. The number of nitrogens with one attached hydrogen (secondary N) is 1. The van der Waals surface area contributed by atoms with E-state index in [0.717, 1.165) is 45.3 Å². The highest BCUT2D eigenvalue weighted by molar-refractivity contribution is 7.16. The molecule has 57 heavy (non-hydrogen) atoms. The van der Waals surface area contributed by atoms with Crippen molar-refractivity contribution in [2.45, 2.75) is 90.9 Å². The van der Waals surface area contributed by atoms with Gasteiger partial charge >= 0.3 is 17.9 Å². The number of amides is 1. The third-order valence-corrected chi connectivity index (χ3v) is 21.1. The molecule has 1 amide bonds. The van der Waals surface area contributed by atoms with Crippen LogP contribution < -0.4 is 19.9 Å². The summed E-state index contributed by atoms with van der Waals surface area (Å²) < 4.78 is 21.6. The fraction of sp³-hybridized carbons (Fsp3) is 0.400. The Balaban J connectivity index is 0.000000326. The number of rotatable bonds is 11. The van der Waals surface area contributed by atoms with Crippen molar-refractivity contribution in [1.82, 2.24) is 5.32 Å². The predicted octanol–water partition coefficient (Wildman–Crippen LogP) is 10.9. The van der Waals surface area contributed by atoms with E-state index in [9.17, 15) is 19.2 Å². The molecule has 4 rings (SSSR count). The van der Waals surface area contributed by atoms with Gasteiger partial charge in [-0.1, -0.05) is 89.0 Å². The molecule has 17 heteroatoms. The van der Waals surface area contributed by atoms with Crippen LogP contribution in [0.2, 0.25) is 46.3 Å². The summed E-state index contributed by atoms with van der Waals surface area (Å²) in [5.74, 6) is -0.813. The Labute approximate surface area is 356 Å². The lowest BCUT2D eigenvalue weighted by atomic mass is 10.2. The van der Waals surface area contributed by atoms with E-state index in [4.69, 9.17) is 42.9 Å². The quantitative estimate of drug-likeness (QED) is 0.0975. The van der Waals surface area contributed by atoms with Gasteiger partial charge in [-0.15, -0.1) is 22.7 Å². The highest BCUT2D eigenvalue weighted by Crippen LogP contribution is 2.38. The lowest BCUT2D eigenvalue weighted by molar-refractivity contribution is 0.0597. The number of carboxylic acid groups (broad SMARTS) is 1. The summed E-state index contributed by atoms with van der Waals surface area (Å²) >= 11 is 13.4. The van der Waals surface area contributed by atoms with Crippen LogP contribution in [0, 0.1) is 0 Å². The van der Waals surface area contributed by atoms with E-state index in [2.05, 4.69) is 82.5 Å². The van der Waals surface area contributed by atoms with E-state index in [1.165, 1.54) is 26.4 Å². The SMILES string of the molecule is CC(C)(C)[Si](C)(C)Oc1cccc(CN)c1.COC(=O)c1sc(C(=O)NCc2cccc(O[Si](C)(C)C(C)(C)C)c2)cc1Cl.COC(=O)c1sc(C(=O)O)cc1Cl. The first-order chi connectivity index (χ1) is 26.3. The number of carboxylic acids is 1. The van der Waals surface area contributed by atoms with Crippen molar-refractivity contribution in [3.8, 4) is 11.5 Å². The summed E-state index contributed by atoms with van der Waals surface area (Å²) in [7, 11) is -1.17. The van der Waals surface area contributed by atoms with Gasteiger partial charge in [0.25, 0.3) is 5.91 Å². The molecule has 0 radical (unpaired) electrons. The molecule has 0 saturated heterocycles. The van der Waals surface area contributed by atoms with Crippen molar-refractivity contribution in [2.75, 3.05) is 14.2 Å². The fourth-order valence-electron chi connectivity index (χ4n) is 4.04. The van der Waals surface area contributed by atoms with Crippen LogP contribution in [-0.2, 0) is 22.6 Å². The number of carbonyl (C=O) groups is 4. The molecule has 2 aromatic heterocycles. The van der Waals surface area contributed by atoms with Crippen molar-refractivity contribution in [3.63, 3.8) is 0 Å². The molecule has 2 aromatic carbocycles. The topological polar surface area (TPSA) is 163 Å². The molecule has 312 valence electrons. The van der Waals surface area contributed by atoms with Crippen molar-refractivity contribution in [1.29, 1.82) is 0 Å². The number of nitrogens with two attached hydrogens (primary N) is 1. The van der Waals surface area contributed by atoms with Gasteiger partial charge in [-0.3, -0.25) is 4.79 Å². The lowest BCUT2D eigenvalue weighted by Crippen LogP contribution is -2.43. The Morgan fingerprint density at radius 3 is 1.49 bits per heavy atom. The Morgan fingerprint density at radius 1 is 0.702 bits per heavy atom. The molecule has 0 fully saturated rings. The number of benzene rings is 2. The minimum atomic E-state index is -1.93. The molecule has 0 unspecified atom stereocenters. The molecule has 0 aliphatic rings. The molecule has 0 aliphatic heterocycles. The van der Waals surface area contributed by atoms with Crippen molar-refractivity contribution < 1.29 is 42.6 Å². The van der Waals surface area contributed by atoms with Crippen LogP contribution in [0.25, 0.3) is 0 Å². The summed E-state index contributed by atoms with van der Waals surface area (Å²) in [5.41, 5.74) is 7.68.